The first-order valence-corrected chi connectivity index (χ1v) is 8.51. The van der Waals surface area contributed by atoms with Gasteiger partial charge in [-0.25, -0.2) is 4.39 Å². The number of nitrogens with zero attached hydrogens (tertiary/aromatic N) is 2. The number of Topliss-reactive ketones (excluding diaryl/α,β-unsaturated/α-hetero) is 1. The Morgan fingerprint density at radius 2 is 2.00 bits per heavy atom. The normalized spacial score (nSPS) is 17.8. The molecular weight excluding hydrogens is 323 g/mol. The second-order valence-electron chi connectivity index (χ2n) is 6.73. The summed E-state index contributed by atoms with van der Waals surface area (Å²) < 4.78 is 18.2. The van der Waals surface area contributed by atoms with Crippen molar-refractivity contribution in [2.75, 3.05) is 13.1 Å². The summed E-state index contributed by atoms with van der Waals surface area (Å²) in [4.78, 5) is 26.9. The molecule has 1 fully saturated rings. The van der Waals surface area contributed by atoms with Gasteiger partial charge in [0.15, 0.2) is 5.78 Å². The molecule has 0 saturated carbocycles. The lowest BCUT2D eigenvalue weighted by Gasteiger charge is -2.31. The topological polar surface area (TPSA) is 63.4 Å². The Morgan fingerprint density at radius 3 is 2.64 bits per heavy atom. The number of halogens is 1. The molecule has 0 N–H and O–H groups in total. The van der Waals surface area contributed by atoms with Gasteiger partial charge in [-0.05, 0) is 43.0 Å². The monoisotopic (exact) mass is 344 g/mol. The molecule has 1 amide bonds. The number of benzene rings is 1. The summed E-state index contributed by atoms with van der Waals surface area (Å²) in [6.07, 6.45) is 1.46. The molecule has 6 heteroatoms. The zero-order valence-corrected chi connectivity index (χ0v) is 14.4. The molecule has 1 aromatic carbocycles. The zero-order valence-electron chi connectivity index (χ0n) is 14.4. The van der Waals surface area contributed by atoms with Gasteiger partial charge in [-0.2, -0.15) is 0 Å². The van der Waals surface area contributed by atoms with Crippen LogP contribution in [0.4, 0.5) is 4.39 Å². The summed E-state index contributed by atoms with van der Waals surface area (Å²) in [5.41, 5.74) is 1.21. The summed E-state index contributed by atoms with van der Waals surface area (Å²) in [5, 5.41) is 3.92. The van der Waals surface area contributed by atoms with Gasteiger partial charge in [0.25, 0.3) is 5.91 Å². The van der Waals surface area contributed by atoms with Crippen LogP contribution in [0, 0.1) is 11.7 Å². The molecule has 2 aromatic rings. The fraction of sp³-hybridized carbons (Fsp3) is 0.421. The van der Waals surface area contributed by atoms with E-state index < -0.39 is 0 Å². The van der Waals surface area contributed by atoms with Crippen molar-refractivity contribution in [2.24, 2.45) is 5.92 Å². The molecule has 0 radical (unpaired) electrons. The molecule has 0 aliphatic carbocycles. The van der Waals surface area contributed by atoms with E-state index in [1.807, 2.05) is 13.8 Å². The highest BCUT2D eigenvalue weighted by molar-refractivity contribution is 5.99. The van der Waals surface area contributed by atoms with Crippen molar-refractivity contribution in [3.63, 3.8) is 0 Å². The van der Waals surface area contributed by atoms with E-state index in [0.29, 0.717) is 25.1 Å². The van der Waals surface area contributed by atoms with Crippen molar-refractivity contribution in [2.45, 2.75) is 32.6 Å². The average Bonchev–Trinajstić information content (AvgIpc) is 3.12. The Bertz CT molecular complexity index is 767. The third-order valence-corrected chi connectivity index (χ3v) is 4.54. The van der Waals surface area contributed by atoms with Crippen LogP contribution in [-0.2, 0) is 0 Å². The van der Waals surface area contributed by atoms with Crippen LogP contribution in [0.2, 0.25) is 0 Å². The summed E-state index contributed by atoms with van der Waals surface area (Å²) in [6, 6.07) is 7.20. The van der Waals surface area contributed by atoms with Crippen LogP contribution in [0.1, 0.15) is 59.2 Å². The van der Waals surface area contributed by atoms with Gasteiger partial charge in [-0.1, -0.05) is 19.0 Å². The molecule has 1 atom stereocenters. The van der Waals surface area contributed by atoms with E-state index in [-0.39, 0.29) is 35.1 Å². The highest BCUT2D eigenvalue weighted by atomic mass is 19.1. The molecule has 132 valence electrons. The fourth-order valence-electron chi connectivity index (χ4n) is 3.04. The number of likely N-dealkylation sites (tertiary alicyclic amines) is 1. The lowest BCUT2D eigenvalue weighted by molar-refractivity contribution is 0.0602. The van der Waals surface area contributed by atoms with Crippen molar-refractivity contribution in [1.82, 2.24) is 10.1 Å². The van der Waals surface area contributed by atoms with Crippen LogP contribution >= 0.6 is 0 Å². The van der Waals surface area contributed by atoms with Gasteiger partial charge in [0.2, 0.25) is 5.76 Å². The lowest BCUT2D eigenvalue weighted by atomic mass is 9.90. The number of amides is 1. The Kier molecular flexibility index (Phi) is 4.97. The van der Waals surface area contributed by atoms with E-state index in [0.717, 1.165) is 12.1 Å². The average molecular weight is 344 g/mol. The van der Waals surface area contributed by atoms with E-state index >= 15 is 0 Å². The summed E-state index contributed by atoms with van der Waals surface area (Å²) in [5.74, 6) is -0.564. The molecule has 2 heterocycles. The zero-order chi connectivity index (χ0) is 18.0. The van der Waals surface area contributed by atoms with Gasteiger partial charge < -0.3 is 9.42 Å². The minimum atomic E-state index is -0.372. The van der Waals surface area contributed by atoms with E-state index in [1.165, 1.54) is 24.3 Å². The molecule has 0 unspecified atom stereocenters. The van der Waals surface area contributed by atoms with E-state index in [9.17, 15) is 14.0 Å². The second kappa shape index (κ2) is 7.17. The Balaban J connectivity index is 1.70. The number of carbonyl (C=O) groups is 2. The smallest absolute Gasteiger partial charge is 0.292 e. The number of rotatable bonds is 4. The minimum absolute atomic E-state index is 0.0575. The van der Waals surface area contributed by atoms with Crippen LogP contribution in [-0.4, -0.2) is 34.8 Å². The highest BCUT2D eigenvalue weighted by Gasteiger charge is 2.31. The van der Waals surface area contributed by atoms with Crippen molar-refractivity contribution in [3.05, 3.63) is 53.2 Å². The predicted molar refractivity (Wildman–Crippen MR) is 90.0 cm³/mol. The molecule has 1 saturated heterocycles. The van der Waals surface area contributed by atoms with Gasteiger partial charge in [0.1, 0.15) is 5.82 Å². The van der Waals surface area contributed by atoms with E-state index in [4.69, 9.17) is 4.52 Å². The molecule has 3 rings (SSSR count). The molecule has 1 aliphatic heterocycles. The fourth-order valence-corrected chi connectivity index (χ4v) is 3.04. The van der Waals surface area contributed by atoms with Gasteiger partial charge in [-0.15, -0.1) is 0 Å². The molecule has 0 bridgehead atoms. The lowest BCUT2D eigenvalue weighted by Crippen LogP contribution is -2.42. The van der Waals surface area contributed by atoms with Gasteiger partial charge in [-0.3, -0.25) is 9.59 Å². The largest absolute Gasteiger partial charge is 0.351 e. The van der Waals surface area contributed by atoms with E-state index in [1.54, 1.807) is 11.0 Å². The van der Waals surface area contributed by atoms with Crippen LogP contribution in [0.5, 0.6) is 0 Å². The third kappa shape index (κ3) is 3.78. The highest BCUT2D eigenvalue weighted by Crippen LogP contribution is 2.23. The van der Waals surface area contributed by atoms with Crippen molar-refractivity contribution in [3.8, 4) is 0 Å². The van der Waals surface area contributed by atoms with Crippen molar-refractivity contribution < 1.29 is 18.5 Å². The number of hydrogen-bond donors (Lipinski definition) is 0. The summed E-state index contributed by atoms with van der Waals surface area (Å²) in [6.45, 7) is 4.88. The predicted octanol–water partition coefficient (Wildman–Crippen LogP) is 3.67. The Morgan fingerprint density at radius 1 is 1.28 bits per heavy atom. The Hall–Kier alpha value is -2.50. The van der Waals surface area contributed by atoms with Crippen LogP contribution in [0.15, 0.2) is 34.9 Å². The quantitative estimate of drug-likeness (QED) is 0.794. The number of ketones is 1. The third-order valence-electron chi connectivity index (χ3n) is 4.54. The number of piperidine rings is 1. The SMILES string of the molecule is CC(C)c1cc(C(=O)N2CCC[C@@H](C(=O)c3ccc(F)cc3)C2)on1. The van der Waals surface area contributed by atoms with Gasteiger partial charge in [0, 0.05) is 30.6 Å². The minimum Gasteiger partial charge on any atom is -0.351 e. The first-order valence-electron chi connectivity index (χ1n) is 8.51. The van der Waals surface area contributed by atoms with E-state index in [2.05, 4.69) is 5.16 Å². The molecule has 25 heavy (non-hydrogen) atoms. The molecular formula is C19H21FN2O3. The molecule has 0 spiro atoms. The molecule has 1 aliphatic rings. The summed E-state index contributed by atoms with van der Waals surface area (Å²) >= 11 is 0. The van der Waals surface area contributed by atoms with Gasteiger partial charge in [0.05, 0.1) is 5.69 Å². The second-order valence-corrected chi connectivity index (χ2v) is 6.73. The number of aromatic nitrogens is 1. The van der Waals surface area contributed by atoms with Crippen LogP contribution < -0.4 is 0 Å². The maximum absolute atomic E-state index is 13.0. The molecule has 5 nitrogen and oxygen atoms in total. The van der Waals surface area contributed by atoms with Crippen molar-refractivity contribution >= 4 is 11.7 Å². The standard InChI is InChI=1S/C19H21FN2O3/c1-12(2)16-10-17(25-21-16)19(24)22-9-3-4-14(11-22)18(23)13-5-7-15(20)8-6-13/h5-8,10,12,14H,3-4,9,11H2,1-2H3/t14-/m1/s1. The number of carbonyl (C=O) groups excluding carboxylic acids is 2. The van der Waals surface area contributed by atoms with Crippen molar-refractivity contribution in [1.29, 1.82) is 0 Å². The van der Waals surface area contributed by atoms with Crippen LogP contribution in [0.25, 0.3) is 0 Å². The first kappa shape index (κ1) is 17.3. The van der Waals surface area contributed by atoms with Crippen LogP contribution in [0.3, 0.4) is 0 Å². The first-order chi connectivity index (χ1) is 12.0. The van der Waals surface area contributed by atoms with Gasteiger partial charge >= 0.3 is 0 Å². The Labute approximate surface area is 145 Å². The maximum atomic E-state index is 13.0. The summed E-state index contributed by atoms with van der Waals surface area (Å²) in [7, 11) is 0. The number of hydrogen-bond acceptors (Lipinski definition) is 4. The maximum Gasteiger partial charge on any atom is 0.292 e. The molecule has 1 aromatic heterocycles.